The number of nitrogens with zero attached hydrogens (tertiary/aromatic N) is 2. The fourth-order valence-corrected chi connectivity index (χ4v) is 3.54. The first kappa shape index (κ1) is 17.8. The predicted octanol–water partition coefficient (Wildman–Crippen LogP) is 3.51. The standard InChI is InChI=1S/C17H21ClN4O2S/c1-10(2)13-8-25-15(22-13)7-21-17(19-3)20-6-11-4-12(18)16-14(5-11)23-9-24-16/h4-5,8,10H,6-7,9H2,1-3H3,(H2,19,20,21). The van der Waals surface area contributed by atoms with Gasteiger partial charge in [0.25, 0.3) is 0 Å². The number of fused-ring (bicyclic) bond motifs is 1. The molecule has 8 heteroatoms. The number of aliphatic imine (C=N–C) groups is 1. The fraction of sp³-hybridized carbons (Fsp3) is 0.412. The lowest BCUT2D eigenvalue weighted by molar-refractivity contribution is 0.174. The summed E-state index contributed by atoms with van der Waals surface area (Å²) in [4.78, 5) is 8.85. The average Bonchev–Trinajstić information content (AvgIpc) is 3.24. The van der Waals surface area contributed by atoms with Crippen LogP contribution in [0, 0.1) is 0 Å². The smallest absolute Gasteiger partial charge is 0.231 e. The molecule has 2 heterocycles. The largest absolute Gasteiger partial charge is 0.454 e. The third-order valence-electron chi connectivity index (χ3n) is 3.74. The Kier molecular flexibility index (Phi) is 5.65. The van der Waals surface area contributed by atoms with Crippen LogP contribution in [0.1, 0.15) is 36.0 Å². The van der Waals surface area contributed by atoms with Crippen LogP contribution in [-0.2, 0) is 13.1 Å². The van der Waals surface area contributed by atoms with Gasteiger partial charge in [-0.1, -0.05) is 25.4 Å². The number of thiazole rings is 1. The van der Waals surface area contributed by atoms with Crippen LogP contribution in [0.4, 0.5) is 0 Å². The van der Waals surface area contributed by atoms with E-state index >= 15 is 0 Å². The summed E-state index contributed by atoms with van der Waals surface area (Å²) in [7, 11) is 1.74. The second kappa shape index (κ2) is 7.93. The fourth-order valence-electron chi connectivity index (χ4n) is 2.36. The van der Waals surface area contributed by atoms with Gasteiger partial charge in [-0.2, -0.15) is 0 Å². The maximum Gasteiger partial charge on any atom is 0.231 e. The molecule has 6 nitrogen and oxygen atoms in total. The highest BCUT2D eigenvalue weighted by Crippen LogP contribution is 2.39. The van der Waals surface area contributed by atoms with Gasteiger partial charge >= 0.3 is 0 Å². The number of benzene rings is 1. The molecule has 1 aliphatic rings. The number of hydrogen-bond acceptors (Lipinski definition) is 5. The van der Waals surface area contributed by atoms with Crippen LogP contribution < -0.4 is 20.1 Å². The van der Waals surface area contributed by atoms with Crippen LogP contribution in [-0.4, -0.2) is 24.8 Å². The summed E-state index contributed by atoms with van der Waals surface area (Å²) >= 11 is 7.86. The van der Waals surface area contributed by atoms with E-state index in [0.717, 1.165) is 16.3 Å². The first-order valence-electron chi connectivity index (χ1n) is 8.03. The van der Waals surface area contributed by atoms with E-state index in [1.165, 1.54) is 0 Å². The van der Waals surface area contributed by atoms with Gasteiger partial charge in [0, 0.05) is 19.0 Å². The zero-order valence-corrected chi connectivity index (χ0v) is 16.0. The van der Waals surface area contributed by atoms with Crippen LogP contribution in [0.25, 0.3) is 0 Å². The molecule has 0 fully saturated rings. The number of ether oxygens (including phenoxy) is 2. The summed E-state index contributed by atoms with van der Waals surface area (Å²) in [6.45, 7) is 5.71. The zero-order valence-electron chi connectivity index (χ0n) is 14.4. The molecular weight excluding hydrogens is 360 g/mol. The van der Waals surface area contributed by atoms with Crippen molar-refractivity contribution < 1.29 is 9.47 Å². The molecule has 3 rings (SSSR count). The second-order valence-corrected chi connectivity index (χ2v) is 7.26. The van der Waals surface area contributed by atoms with Gasteiger partial charge in [0.1, 0.15) is 5.01 Å². The first-order chi connectivity index (χ1) is 12.1. The van der Waals surface area contributed by atoms with Gasteiger partial charge in [-0.25, -0.2) is 4.98 Å². The molecule has 1 aromatic carbocycles. The van der Waals surface area contributed by atoms with Crippen molar-refractivity contribution in [3.63, 3.8) is 0 Å². The molecule has 2 aromatic rings. The Bertz CT molecular complexity index is 776. The van der Waals surface area contributed by atoms with E-state index in [1.54, 1.807) is 18.4 Å². The Morgan fingerprint density at radius 1 is 1.32 bits per heavy atom. The normalized spacial score (nSPS) is 13.4. The minimum absolute atomic E-state index is 0.210. The lowest BCUT2D eigenvalue weighted by atomic mass is 10.2. The predicted molar refractivity (Wildman–Crippen MR) is 101 cm³/mol. The molecular formula is C17H21ClN4O2S. The van der Waals surface area contributed by atoms with Crippen LogP contribution >= 0.6 is 22.9 Å². The van der Waals surface area contributed by atoms with E-state index in [9.17, 15) is 0 Å². The van der Waals surface area contributed by atoms with Gasteiger partial charge in [-0.3, -0.25) is 4.99 Å². The van der Waals surface area contributed by atoms with Crippen LogP contribution in [0.2, 0.25) is 5.02 Å². The number of nitrogens with one attached hydrogen (secondary N) is 2. The van der Waals surface area contributed by atoms with Gasteiger partial charge in [0.05, 0.1) is 17.3 Å². The van der Waals surface area contributed by atoms with Crippen LogP contribution in [0.15, 0.2) is 22.5 Å². The van der Waals surface area contributed by atoms with E-state index in [4.69, 9.17) is 21.1 Å². The molecule has 1 aromatic heterocycles. The minimum atomic E-state index is 0.210. The lowest BCUT2D eigenvalue weighted by Gasteiger charge is -2.12. The minimum Gasteiger partial charge on any atom is -0.454 e. The van der Waals surface area contributed by atoms with E-state index in [2.05, 4.69) is 39.8 Å². The quantitative estimate of drug-likeness (QED) is 0.613. The highest BCUT2D eigenvalue weighted by atomic mass is 35.5. The Hall–Kier alpha value is -1.99. The molecule has 0 atom stereocenters. The highest BCUT2D eigenvalue weighted by Gasteiger charge is 2.18. The molecule has 1 aliphatic heterocycles. The Morgan fingerprint density at radius 3 is 2.84 bits per heavy atom. The monoisotopic (exact) mass is 380 g/mol. The van der Waals surface area contributed by atoms with Crippen molar-refractivity contribution in [1.82, 2.24) is 15.6 Å². The second-order valence-electron chi connectivity index (χ2n) is 5.91. The Labute approximate surface area is 156 Å². The summed E-state index contributed by atoms with van der Waals surface area (Å²) in [6.07, 6.45) is 0. The SMILES string of the molecule is CN=C(NCc1cc(Cl)c2c(c1)OCO2)NCc1nc(C(C)C)cs1. The van der Waals surface area contributed by atoms with Gasteiger partial charge in [-0.05, 0) is 23.6 Å². The van der Waals surface area contributed by atoms with Crippen molar-refractivity contribution in [2.45, 2.75) is 32.9 Å². The molecule has 0 saturated carbocycles. The van der Waals surface area contributed by atoms with E-state index in [1.807, 2.05) is 12.1 Å². The summed E-state index contributed by atoms with van der Waals surface area (Å²) in [5.41, 5.74) is 2.12. The molecule has 0 aliphatic carbocycles. The number of rotatable bonds is 5. The van der Waals surface area contributed by atoms with Crippen molar-refractivity contribution in [2.75, 3.05) is 13.8 Å². The van der Waals surface area contributed by atoms with Crippen molar-refractivity contribution in [2.24, 2.45) is 4.99 Å². The summed E-state index contributed by atoms with van der Waals surface area (Å²) in [6, 6.07) is 3.79. The van der Waals surface area contributed by atoms with E-state index in [0.29, 0.717) is 41.5 Å². The van der Waals surface area contributed by atoms with Gasteiger partial charge in [-0.15, -0.1) is 11.3 Å². The number of aromatic nitrogens is 1. The summed E-state index contributed by atoms with van der Waals surface area (Å²) in [5.74, 6) is 2.43. The zero-order chi connectivity index (χ0) is 17.8. The van der Waals surface area contributed by atoms with Crippen molar-refractivity contribution >= 4 is 28.9 Å². The number of guanidine groups is 1. The molecule has 0 amide bonds. The first-order valence-corrected chi connectivity index (χ1v) is 9.29. The molecule has 0 spiro atoms. The molecule has 0 unspecified atom stereocenters. The topological polar surface area (TPSA) is 67.8 Å². The molecule has 0 bridgehead atoms. The van der Waals surface area contributed by atoms with Gasteiger partial charge in [0.15, 0.2) is 17.5 Å². The van der Waals surface area contributed by atoms with Crippen LogP contribution in [0.5, 0.6) is 11.5 Å². The highest BCUT2D eigenvalue weighted by molar-refractivity contribution is 7.09. The summed E-state index contributed by atoms with van der Waals surface area (Å²) < 4.78 is 10.7. The summed E-state index contributed by atoms with van der Waals surface area (Å²) in [5, 5.41) is 10.2. The van der Waals surface area contributed by atoms with Gasteiger partial charge < -0.3 is 20.1 Å². The van der Waals surface area contributed by atoms with Crippen molar-refractivity contribution in [3.8, 4) is 11.5 Å². The lowest BCUT2D eigenvalue weighted by Crippen LogP contribution is -2.36. The molecule has 25 heavy (non-hydrogen) atoms. The molecule has 0 radical (unpaired) electrons. The van der Waals surface area contributed by atoms with E-state index < -0.39 is 0 Å². The van der Waals surface area contributed by atoms with Crippen molar-refractivity contribution in [3.05, 3.63) is 38.8 Å². The maximum absolute atomic E-state index is 6.21. The maximum atomic E-state index is 6.21. The molecule has 134 valence electrons. The van der Waals surface area contributed by atoms with Crippen LogP contribution in [0.3, 0.4) is 0 Å². The number of halogens is 1. The van der Waals surface area contributed by atoms with Crippen molar-refractivity contribution in [1.29, 1.82) is 0 Å². The molecule has 2 N–H and O–H groups in total. The number of hydrogen-bond donors (Lipinski definition) is 2. The Balaban J connectivity index is 1.55. The van der Waals surface area contributed by atoms with E-state index in [-0.39, 0.29) is 6.79 Å². The average molecular weight is 381 g/mol. The third kappa shape index (κ3) is 4.35. The Morgan fingerprint density at radius 2 is 2.12 bits per heavy atom. The molecule has 0 saturated heterocycles. The van der Waals surface area contributed by atoms with Gasteiger partial charge in [0.2, 0.25) is 6.79 Å². The third-order valence-corrected chi connectivity index (χ3v) is 4.89.